The van der Waals surface area contributed by atoms with Crippen molar-refractivity contribution in [2.45, 2.75) is 69.4 Å². The predicted octanol–water partition coefficient (Wildman–Crippen LogP) is 2.12. The number of rotatable bonds is 9. The maximum Gasteiger partial charge on any atom is 0.490 e. The summed E-state index contributed by atoms with van der Waals surface area (Å²) >= 11 is 0. The Morgan fingerprint density at radius 1 is 1.00 bits per heavy atom. The third-order valence-corrected chi connectivity index (χ3v) is 9.56. The molecule has 0 radical (unpaired) electrons. The van der Waals surface area contributed by atoms with Gasteiger partial charge in [0.1, 0.15) is 6.10 Å². The lowest BCUT2D eigenvalue weighted by Gasteiger charge is -2.27. The van der Waals surface area contributed by atoms with E-state index < -0.39 is 67.0 Å². The SMILES string of the molecule is O=C(NCC#CC1CCCCC([C@H]2CC(O)[C@@H](COP(=O)(O)OP(=O)(O)OP(=O)(O)O)O2)CC1)C(F)(F)F. The second kappa shape index (κ2) is 13.7. The summed E-state index contributed by atoms with van der Waals surface area (Å²) in [6, 6.07) is 0. The summed E-state index contributed by atoms with van der Waals surface area (Å²) in [4.78, 5) is 46.7. The van der Waals surface area contributed by atoms with Crippen LogP contribution in [0.3, 0.4) is 0 Å². The number of carbonyl (C=O) groups excluding carboxylic acids is 1. The molecule has 0 aromatic rings. The highest BCUT2D eigenvalue weighted by atomic mass is 31.3. The van der Waals surface area contributed by atoms with Crippen LogP contribution in [0.2, 0.25) is 0 Å². The fraction of sp³-hybridized carbons (Fsp3) is 0.833. The molecule has 0 bridgehead atoms. The van der Waals surface area contributed by atoms with Gasteiger partial charge in [-0.1, -0.05) is 24.7 Å². The number of hydrogen-bond acceptors (Lipinski definition) is 9. The van der Waals surface area contributed by atoms with Gasteiger partial charge in [-0.3, -0.25) is 9.32 Å². The van der Waals surface area contributed by atoms with Crippen LogP contribution < -0.4 is 5.32 Å². The Kier molecular flexibility index (Phi) is 12.0. The molecular formula is C18H29F3NO13P3. The molecule has 1 aliphatic heterocycles. The van der Waals surface area contributed by atoms with Crippen LogP contribution in [0.25, 0.3) is 0 Å². The minimum atomic E-state index is -5.67. The van der Waals surface area contributed by atoms with E-state index in [1.54, 1.807) is 5.32 Å². The third-order valence-electron chi connectivity index (χ3n) is 5.76. The zero-order chi connectivity index (χ0) is 28.8. The number of ether oxygens (including phenoxy) is 1. The second-order valence-corrected chi connectivity index (χ2v) is 13.1. The van der Waals surface area contributed by atoms with Gasteiger partial charge in [0.05, 0.1) is 25.4 Å². The van der Waals surface area contributed by atoms with Crippen molar-refractivity contribution in [3.05, 3.63) is 0 Å². The predicted molar refractivity (Wildman–Crippen MR) is 121 cm³/mol. The number of aliphatic hydroxyl groups is 1. The molecule has 38 heavy (non-hydrogen) atoms. The highest BCUT2D eigenvalue weighted by molar-refractivity contribution is 7.66. The number of phosphoric ester groups is 1. The minimum Gasteiger partial charge on any atom is -0.390 e. The average Bonchev–Trinajstić information content (AvgIpc) is 3.08. The van der Waals surface area contributed by atoms with Crippen LogP contribution in [0.4, 0.5) is 13.2 Å². The molecule has 1 amide bonds. The molecule has 7 atom stereocenters. The van der Waals surface area contributed by atoms with Crippen molar-refractivity contribution in [3.63, 3.8) is 0 Å². The molecule has 20 heteroatoms. The molecule has 6 N–H and O–H groups in total. The van der Waals surface area contributed by atoms with Gasteiger partial charge in [0, 0.05) is 12.3 Å². The average molecular weight is 617 g/mol. The first-order valence-corrected chi connectivity index (χ1v) is 15.8. The van der Waals surface area contributed by atoms with E-state index >= 15 is 0 Å². The molecule has 1 saturated carbocycles. The van der Waals surface area contributed by atoms with Gasteiger partial charge in [-0.25, -0.2) is 13.7 Å². The van der Waals surface area contributed by atoms with Crippen molar-refractivity contribution in [1.29, 1.82) is 0 Å². The second-order valence-electron chi connectivity index (χ2n) is 8.72. The molecule has 2 aliphatic rings. The maximum absolute atomic E-state index is 12.2. The molecule has 1 heterocycles. The number of amides is 1. The first kappa shape index (κ1) is 33.4. The summed E-state index contributed by atoms with van der Waals surface area (Å²) in [5, 5.41) is 12.0. The molecule has 1 aliphatic carbocycles. The van der Waals surface area contributed by atoms with E-state index in [9.17, 15) is 46.6 Å². The fourth-order valence-corrected chi connectivity index (χ4v) is 7.15. The monoisotopic (exact) mass is 617 g/mol. The molecule has 2 fully saturated rings. The summed E-state index contributed by atoms with van der Waals surface area (Å²) in [7, 11) is -16.6. The molecule has 14 nitrogen and oxygen atoms in total. The fourth-order valence-electron chi connectivity index (χ4n) is 4.12. The van der Waals surface area contributed by atoms with Gasteiger partial charge in [0.2, 0.25) is 0 Å². The van der Waals surface area contributed by atoms with Gasteiger partial charge < -0.3 is 34.7 Å². The topological polar surface area (TPSA) is 218 Å². The standard InChI is InChI=1S/C18H29F3NO13P3/c19-18(20,21)17(24)22-9-3-5-12-4-1-2-6-13(8-7-12)15-10-14(23)16(33-15)11-32-37(28,29)35-38(30,31)34-36(25,26)27/h12-16,23H,1-2,4,6-11H2,(H,22,24)(H,28,29)(H,30,31)(H2,25,26,27)/t12?,13?,14?,15-,16-/m1/s1. The van der Waals surface area contributed by atoms with E-state index in [1.807, 2.05) is 0 Å². The number of alkyl halides is 3. The first-order chi connectivity index (χ1) is 17.4. The van der Waals surface area contributed by atoms with Gasteiger partial charge in [-0.05, 0) is 31.6 Å². The lowest BCUT2D eigenvalue weighted by Crippen LogP contribution is -2.36. The zero-order valence-corrected chi connectivity index (χ0v) is 22.4. The van der Waals surface area contributed by atoms with Crippen LogP contribution >= 0.6 is 23.5 Å². The lowest BCUT2D eigenvalue weighted by molar-refractivity contribution is -0.173. The molecule has 0 aromatic heterocycles. The van der Waals surface area contributed by atoms with Crippen molar-refractivity contribution in [3.8, 4) is 11.8 Å². The van der Waals surface area contributed by atoms with Crippen LogP contribution in [0.1, 0.15) is 44.9 Å². The number of phosphoric acid groups is 3. The number of aliphatic hydroxyl groups excluding tert-OH is 1. The van der Waals surface area contributed by atoms with Crippen molar-refractivity contribution in [1.82, 2.24) is 5.32 Å². The molecule has 220 valence electrons. The zero-order valence-electron chi connectivity index (χ0n) is 19.7. The van der Waals surface area contributed by atoms with E-state index in [0.717, 1.165) is 25.7 Å². The smallest absolute Gasteiger partial charge is 0.390 e. The van der Waals surface area contributed by atoms with Gasteiger partial charge in [-0.2, -0.15) is 21.8 Å². The quantitative estimate of drug-likeness (QED) is 0.162. The van der Waals surface area contributed by atoms with Gasteiger partial charge >= 0.3 is 35.6 Å². The summed E-state index contributed by atoms with van der Waals surface area (Å²) in [5.74, 6) is 3.19. The van der Waals surface area contributed by atoms with E-state index in [-0.39, 0.29) is 18.3 Å². The molecule has 1 saturated heterocycles. The molecule has 5 unspecified atom stereocenters. The minimum absolute atomic E-state index is 0.0457. The third kappa shape index (κ3) is 12.1. The Morgan fingerprint density at radius 3 is 2.29 bits per heavy atom. The normalized spacial score (nSPS) is 30.2. The Bertz CT molecular complexity index is 1030. The Morgan fingerprint density at radius 2 is 1.66 bits per heavy atom. The molecule has 2 rings (SSSR count). The number of nitrogens with one attached hydrogen (secondary N) is 1. The van der Waals surface area contributed by atoms with Crippen LogP contribution in [-0.4, -0.2) is 68.2 Å². The van der Waals surface area contributed by atoms with E-state index in [0.29, 0.717) is 12.8 Å². The van der Waals surface area contributed by atoms with Gasteiger partial charge in [0.15, 0.2) is 0 Å². The molecule has 0 aromatic carbocycles. The Balaban J connectivity index is 1.86. The largest absolute Gasteiger partial charge is 0.490 e. The summed E-state index contributed by atoms with van der Waals surface area (Å²) < 4.78 is 88.2. The Labute approximate surface area is 215 Å². The number of hydrogen-bond donors (Lipinski definition) is 6. The van der Waals surface area contributed by atoms with Crippen molar-refractivity contribution in [2.75, 3.05) is 13.2 Å². The van der Waals surface area contributed by atoms with Crippen molar-refractivity contribution >= 4 is 29.4 Å². The van der Waals surface area contributed by atoms with Crippen LogP contribution in [0.15, 0.2) is 0 Å². The van der Waals surface area contributed by atoms with Crippen LogP contribution in [0.5, 0.6) is 0 Å². The van der Waals surface area contributed by atoms with Crippen LogP contribution in [0, 0.1) is 23.7 Å². The Hall–Kier alpha value is -0.850. The van der Waals surface area contributed by atoms with Crippen molar-refractivity contribution < 1.29 is 74.2 Å². The lowest BCUT2D eigenvalue weighted by atomic mass is 9.82. The molecular weight excluding hydrogens is 588 g/mol. The maximum atomic E-state index is 12.2. The summed E-state index contributed by atoms with van der Waals surface area (Å²) in [5.41, 5.74) is 0. The highest BCUT2D eigenvalue weighted by Gasteiger charge is 2.43. The van der Waals surface area contributed by atoms with E-state index in [4.69, 9.17) is 14.5 Å². The summed E-state index contributed by atoms with van der Waals surface area (Å²) in [6.07, 6.45) is -3.33. The molecule has 0 spiro atoms. The number of carbonyl (C=O) groups is 1. The highest BCUT2D eigenvalue weighted by Crippen LogP contribution is 2.66. The number of halogens is 3. The van der Waals surface area contributed by atoms with Gasteiger partial charge in [0.25, 0.3) is 0 Å². The van der Waals surface area contributed by atoms with E-state index in [2.05, 4.69) is 25.0 Å². The first-order valence-electron chi connectivity index (χ1n) is 11.3. The van der Waals surface area contributed by atoms with Gasteiger partial charge in [-0.15, -0.1) is 0 Å². The van der Waals surface area contributed by atoms with Crippen molar-refractivity contribution in [2.24, 2.45) is 11.8 Å². The van der Waals surface area contributed by atoms with E-state index in [1.165, 1.54) is 0 Å². The summed E-state index contributed by atoms with van der Waals surface area (Å²) in [6.45, 7) is -1.20. The van der Waals surface area contributed by atoms with Crippen LogP contribution in [-0.2, 0) is 36.4 Å².